The van der Waals surface area contributed by atoms with Gasteiger partial charge in [-0.2, -0.15) is 10.1 Å². The van der Waals surface area contributed by atoms with Crippen molar-refractivity contribution in [2.45, 2.75) is 24.8 Å². The Labute approximate surface area is 130 Å². The van der Waals surface area contributed by atoms with Gasteiger partial charge in [-0.1, -0.05) is 5.16 Å². The quantitative estimate of drug-likeness (QED) is 0.874. The Bertz CT molecular complexity index is 649. The Morgan fingerprint density at radius 3 is 3.00 bits per heavy atom. The van der Waals surface area contributed by atoms with E-state index in [2.05, 4.69) is 53.5 Å². The van der Waals surface area contributed by atoms with Crippen LogP contribution in [-0.4, -0.2) is 51.9 Å². The van der Waals surface area contributed by atoms with Crippen molar-refractivity contribution in [3.05, 3.63) is 16.0 Å². The first-order chi connectivity index (χ1) is 10.2. The predicted molar refractivity (Wildman–Crippen MR) is 79.8 cm³/mol. The molecule has 1 atom stereocenters. The van der Waals surface area contributed by atoms with E-state index in [-0.39, 0.29) is 6.04 Å². The van der Waals surface area contributed by atoms with Gasteiger partial charge in [-0.05, 0) is 35.8 Å². The SMILES string of the molecule is CN1CCNCC1c1noc(-c2n[nH]c(C3CC3)c2Br)n1. The Hall–Kier alpha value is -1.25. The third kappa shape index (κ3) is 2.41. The third-order valence-electron chi connectivity index (χ3n) is 4.17. The molecule has 0 radical (unpaired) electrons. The fourth-order valence-corrected chi connectivity index (χ4v) is 3.36. The van der Waals surface area contributed by atoms with Gasteiger partial charge in [0.25, 0.3) is 5.89 Å². The normalized spacial score (nSPS) is 23.6. The van der Waals surface area contributed by atoms with Crippen molar-refractivity contribution in [1.29, 1.82) is 0 Å². The minimum atomic E-state index is 0.150. The van der Waals surface area contributed by atoms with Crippen LogP contribution in [0.4, 0.5) is 0 Å². The van der Waals surface area contributed by atoms with E-state index in [1.54, 1.807) is 0 Å². The number of nitrogens with one attached hydrogen (secondary N) is 2. The molecule has 1 aliphatic heterocycles. The second-order valence-corrected chi connectivity index (χ2v) is 6.53. The lowest BCUT2D eigenvalue weighted by Gasteiger charge is -2.30. The highest BCUT2D eigenvalue weighted by molar-refractivity contribution is 9.10. The maximum Gasteiger partial charge on any atom is 0.279 e. The summed E-state index contributed by atoms with van der Waals surface area (Å²) in [5, 5.41) is 14.9. The van der Waals surface area contributed by atoms with Crippen LogP contribution in [0.1, 0.15) is 36.3 Å². The van der Waals surface area contributed by atoms with Crippen molar-refractivity contribution >= 4 is 15.9 Å². The first kappa shape index (κ1) is 13.4. The summed E-state index contributed by atoms with van der Waals surface area (Å²) in [6, 6.07) is 0.150. The van der Waals surface area contributed by atoms with Gasteiger partial charge in [-0.3, -0.25) is 10.00 Å². The highest BCUT2D eigenvalue weighted by Crippen LogP contribution is 2.44. The zero-order valence-electron chi connectivity index (χ0n) is 11.8. The number of halogens is 1. The number of hydrogen-bond donors (Lipinski definition) is 2. The van der Waals surface area contributed by atoms with Crippen molar-refractivity contribution in [1.82, 2.24) is 30.6 Å². The minimum Gasteiger partial charge on any atom is -0.332 e. The number of hydrogen-bond acceptors (Lipinski definition) is 6. The Morgan fingerprint density at radius 1 is 1.38 bits per heavy atom. The fraction of sp³-hybridized carbons (Fsp3) is 0.615. The minimum absolute atomic E-state index is 0.150. The summed E-state index contributed by atoms with van der Waals surface area (Å²) >= 11 is 3.60. The molecular weight excluding hydrogens is 336 g/mol. The Morgan fingerprint density at radius 2 is 2.24 bits per heavy atom. The third-order valence-corrected chi connectivity index (χ3v) is 4.97. The highest BCUT2D eigenvalue weighted by Gasteiger charge is 2.31. The second kappa shape index (κ2) is 5.19. The van der Waals surface area contributed by atoms with Crippen LogP contribution in [0.25, 0.3) is 11.6 Å². The number of likely N-dealkylation sites (N-methyl/N-ethyl adjacent to an activating group) is 1. The number of aromatic amines is 1. The number of piperazine rings is 1. The van der Waals surface area contributed by atoms with Gasteiger partial charge in [0.05, 0.1) is 16.2 Å². The molecule has 0 amide bonds. The standard InChI is InChI=1S/C13H17BrN6O/c1-20-5-4-15-6-8(20)12-16-13(21-19-12)11-9(14)10(17-18-11)7-2-3-7/h7-8,15H,2-6H2,1H3,(H,17,18). The van der Waals surface area contributed by atoms with E-state index in [0.717, 1.165) is 29.8 Å². The molecule has 0 spiro atoms. The van der Waals surface area contributed by atoms with Gasteiger partial charge in [0.15, 0.2) is 11.5 Å². The number of nitrogens with zero attached hydrogens (tertiary/aromatic N) is 4. The maximum atomic E-state index is 5.42. The van der Waals surface area contributed by atoms with Gasteiger partial charge in [0.2, 0.25) is 0 Å². The van der Waals surface area contributed by atoms with Crippen molar-refractivity contribution in [3.8, 4) is 11.6 Å². The van der Waals surface area contributed by atoms with Gasteiger partial charge in [-0.25, -0.2) is 0 Å². The fourth-order valence-electron chi connectivity index (χ4n) is 2.69. The van der Waals surface area contributed by atoms with Crippen molar-refractivity contribution < 1.29 is 4.52 Å². The summed E-state index contributed by atoms with van der Waals surface area (Å²) in [6.45, 7) is 2.81. The average Bonchev–Trinajstić information content (AvgIpc) is 3.08. The van der Waals surface area contributed by atoms with Crippen LogP contribution in [-0.2, 0) is 0 Å². The average molecular weight is 353 g/mol. The lowest BCUT2D eigenvalue weighted by molar-refractivity contribution is 0.190. The van der Waals surface area contributed by atoms with Gasteiger partial charge >= 0.3 is 0 Å². The highest BCUT2D eigenvalue weighted by atomic mass is 79.9. The van der Waals surface area contributed by atoms with E-state index in [4.69, 9.17) is 4.52 Å². The first-order valence-corrected chi connectivity index (χ1v) is 8.02. The van der Waals surface area contributed by atoms with E-state index in [1.165, 1.54) is 12.8 Å². The molecule has 2 fully saturated rings. The molecular formula is C13H17BrN6O. The largest absolute Gasteiger partial charge is 0.332 e. The van der Waals surface area contributed by atoms with E-state index >= 15 is 0 Å². The molecule has 0 bridgehead atoms. The summed E-state index contributed by atoms with van der Waals surface area (Å²) in [5.74, 6) is 1.78. The molecule has 1 unspecified atom stereocenters. The second-order valence-electron chi connectivity index (χ2n) is 5.73. The van der Waals surface area contributed by atoms with Crippen molar-refractivity contribution in [3.63, 3.8) is 0 Å². The van der Waals surface area contributed by atoms with Crippen LogP contribution in [0.3, 0.4) is 0 Å². The van der Waals surface area contributed by atoms with E-state index in [9.17, 15) is 0 Å². The molecule has 21 heavy (non-hydrogen) atoms. The van der Waals surface area contributed by atoms with Gasteiger partial charge in [0, 0.05) is 25.6 Å². The van der Waals surface area contributed by atoms with Crippen LogP contribution < -0.4 is 5.32 Å². The molecule has 1 aliphatic carbocycles. The van der Waals surface area contributed by atoms with Gasteiger partial charge in [-0.15, -0.1) is 0 Å². The van der Waals surface area contributed by atoms with Crippen LogP contribution in [0.2, 0.25) is 0 Å². The zero-order chi connectivity index (χ0) is 14.4. The van der Waals surface area contributed by atoms with E-state index in [0.29, 0.717) is 23.3 Å². The van der Waals surface area contributed by atoms with Crippen LogP contribution in [0.5, 0.6) is 0 Å². The molecule has 2 aromatic rings. The van der Waals surface area contributed by atoms with Gasteiger partial charge < -0.3 is 9.84 Å². The topological polar surface area (TPSA) is 82.9 Å². The Balaban J connectivity index is 1.61. The monoisotopic (exact) mass is 352 g/mol. The lowest BCUT2D eigenvalue weighted by Crippen LogP contribution is -2.44. The van der Waals surface area contributed by atoms with Gasteiger partial charge in [0.1, 0.15) is 0 Å². The van der Waals surface area contributed by atoms with Crippen LogP contribution >= 0.6 is 15.9 Å². The zero-order valence-corrected chi connectivity index (χ0v) is 13.4. The molecule has 2 aliphatic rings. The molecule has 7 nitrogen and oxygen atoms in total. The van der Waals surface area contributed by atoms with Crippen molar-refractivity contribution in [2.24, 2.45) is 0 Å². The smallest absolute Gasteiger partial charge is 0.279 e. The summed E-state index contributed by atoms with van der Waals surface area (Å²) in [7, 11) is 2.08. The summed E-state index contributed by atoms with van der Waals surface area (Å²) in [4.78, 5) is 6.77. The number of H-pyrrole nitrogens is 1. The molecule has 112 valence electrons. The van der Waals surface area contributed by atoms with Crippen LogP contribution in [0.15, 0.2) is 9.00 Å². The predicted octanol–water partition coefficient (Wildman–Crippen LogP) is 1.68. The molecule has 3 heterocycles. The lowest BCUT2D eigenvalue weighted by atomic mass is 10.2. The first-order valence-electron chi connectivity index (χ1n) is 7.22. The van der Waals surface area contributed by atoms with Crippen molar-refractivity contribution in [2.75, 3.05) is 26.7 Å². The molecule has 1 saturated heterocycles. The van der Waals surface area contributed by atoms with E-state index < -0.39 is 0 Å². The molecule has 2 N–H and O–H groups in total. The molecule has 4 rings (SSSR count). The maximum absolute atomic E-state index is 5.42. The summed E-state index contributed by atoms with van der Waals surface area (Å²) in [5.41, 5.74) is 1.85. The van der Waals surface area contributed by atoms with Crippen LogP contribution in [0, 0.1) is 0 Å². The Kier molecular flexibility index (Phi) is 3.31. The summed E-state index contributed by atoms with van der Waals surface area (Å²) < 4.78 is 6.37. The summed E-state index contributed by atoms with van der Waals surface area (Å²) in [6.07, 6.45) is 2.43. The number of aromatic nitrogens is 4. The number of rotatable bonds is 3. The molecule has 2 aromatic heterocycles. The molecule has 0 aromatic carbocycles. The van der Waals surface area contributed by atoms with E-state index in [1.807, 2.05) is 0 Å². The molecule has 8 heteroatoms. The molecule has 1 saturated carbocycles.